The first-order chi connectivity index (χ1) is 12.5. The van der Waals surface area contributed by atoms with Crippen LogP contribution in [0.2, 0.25) is 0 Å². The van der Waals surface area contributed by atoms with Crippen LogP contribution in [-0.4, -0.2) is 78.6 Å². The number of amides is 3. The molecule has 0 spiro atoms. The van der Waals surface area contributed by atoms with Gasteiger partial charge in [0, 0.05) is 53.0 Å². The van der Waals surface area contributed by atoms with Crippen molar-refractivity contribution in [1.82, 2.24) is 14.7 Å². The lowest BCUT2D eigenvalue weighted by Gasteiger charge is -2.41. The third-order valence-electron chi connectivity index (χ3n) is 5.24. The Hall–Kier alpha value is -2.12. The predicted molar refractivity (Wildman–Crippen MR) is 98.4 cm³/mol. The summed E-state index contributed by atoms with van der Waals surface area (Å²) in [7, 11) is 1.81. The highest BCUT2D eigenvalue weighted by molar-refractivity contribution is 5.86. The van der Waals surface area contributed by atoms with Gasteiger partial charge >= 0.3 is 6.03 Å². The van der Waals surface area contributed by atoms with Crippen LogP contribution >= 0.6 is 0 Å². The van der Waals surface area contributed by atoms with Crippen molar-refractivity contribution >= 4 is 11.9 Å². The first kappa shape index (κ1) is 18.7. The van der Waals surface area contributed by atoms with Gasteiger partial charge < -0.3 is 25.2 Å². The maximum absolute atomic E-state index is 12.8. The second kappa shape index (κ2) is 8.05. The molecule has 0 unspecified atom stereocenters. The molecule has 2 saturated heterocycles. The summed E-state index contributed by atoms with van der Waals surface area (Å²) in [5, 5.41) is 0. The van der Waals surface area contributed by atoms with Crippen molar-refractivity contribution in [2.75, 3.05) is 46.4 Å². The number of ether oxygens (including phenoxy) is 1. The molecule has 2 aliphatic heterocycles. The summed E-state index contributed by atoms with van der Waals surface area (Å²) < 4.78 is 5.32. The summed E-state index contributed by atoms with van der Waals surface area (Å²) >= 11 is 0. The molecule has 0 bridgehead atoms. The second-order valence-electron chi connectivity index (χ2n) is 7.17. The molecule has 2 N–H and O–H groups in total. The fourth-order valence-electron chi connectivity index (χ4n) is 3.53. The van der Waals surface area contributed by atoms with E-state index in [1.54, 1.807) is 14.7 Å². The molecule has 7 nitrogen and oxygen atoms in total. The normalized spacial score (nSPS) is 19.9. The summed E-state index contributed by atoms with van der Waals surface area (Å²) in [6.07, 6.45) is 1.12. The van der Waals surface area contributed by atoms with Crippen molar-refractivity contribution < 1.29 is 14.3 Å². The van der Waals surface area contributed by atoms with Gasteiger partial charge in [-0.1, -0.05) is 30.3 Å². The zero-order valence-corrected chi connectivity index (χ0v) is 15.4. The Kier molecular flexibility index (Phi) is 5.78. The highest BCUT2D eigenvalue weighted by Gasteiger charge is 2.40. The number of rotatable bonds is 3. The number of piperazine rings is 1. The molecule has 0 saturated carbocycles. The van der Waals surface area contributed by atoms with Crippen molar-refractivity contribution in [3.63, 3.8) is 0 Å². The number of urea groups is 1. The third-order valence-corrected chi connectivity index (χ3v) is 5.24. The molecule has 1 aromatic rings. The van der Waals surface area contributed by atoms with E-state index < -0.39 is 5.54 Å². The summed E-state index contributed by atoms with van der Waals surface area (Å²) in [4.78, 5) is 30.7. The Bertz CT molecular complexity index is 623. The van der Waals surface area contributed by atoms with Crippen molar-refractivity contribution in [3.8, 4) is 0 Å². The van der Waals surface area contributed by atoms with Crippen LogP contribution in [0.1, 0.15) is 18.4 Å². The van der Waals surface area contributed by atoms with Gasteiger partial charge in [0.25, 0.3) is 0 Å². The summed E-state index contributed by atoms with van der Waals surface area (Å²) in [6, 6.07) is 9.91. The molecule has 1 aromatic carbocycles. The van der Waals surface area contributed by atoms with Crippen LogP contribution in [0.3, 0.4) is 0 Å². The minimum atomic E-state index is -0.811. The maximum Gasteiger partial charge on any atom is 0.320 e. The van der Waals surface area contributed by atoms with Crippen molar-refractivity contribution in [3.05, 3.63) is 35.9 Å². The number of nitrogens with zero attached hydrogens (tertiary/aromatic N) is 3. The predicted octanol–water partition coefficient (Wildman–Crippen LogP) is 0.891. The molecule has 0 atom stereocenters. The minimum absolute atomic E-state index is 0.00511. The maximum atomic E-state index is 12.8. The standard InChI is InChI=1S/C19H28N4O3/c1-21(15-16-5-3-2-4-6-16)18(25)23-11-9-22(10-12-23)17(24)19(20)7-13-26-14-8-19/h2-6H,7-15,20H2,1H3. The van der Waals surface area contributed by atoms with Crippen molar-refractivity contribution in [1.29, 1.82) is 0 Å². The van der Waals surface area contributed by atoms with Gasteiger partial charge in [-0.15, -0.1) is 0 Å². The average molecular weight is 360 g/mol. The van der Waals surface area contributed by atoms with Crippen molar-refractivity contribution in [2.24, 2.45) is 5.73 Å². The Morgan fingerprint density at radius 2 is 1.65 bits per heavy atom. The number of carbonyl (C=O) groups is 2. The van der Waals surface area contributed by atoms with E-state index in [1.165, 1.54) is 0 Å². The van der Waals surface area contributed by atoms with E-state index in [4.69, 9.17) is 10.5 Å². The van der Waals surface area contributed by atoms with Gasteiger partial charge in [-0.2, -0.15) is 0 Å². The lowest BCUT2D eigenvalue weighted by atomic mass is 9.89. The van der Waals surface area contributed by atoms with E-state index in [-0.39, 0.29) is 11.9 Å². The monoisotopic (exact) mass is 360 g/mol. The molecule has 0 aromatic heterocycles. The Balaban J connectivity index is 1.51. The van der Waals surface area contributed by atoms with Crippen LogP contribution in [0.15, 0.2) is 30.3 Å². The van der Waals surface area contributed by atoms with E-state index in [0.29, 0.717) is 58.8 Å². The van der Waals surface area contributed by atoms with E-state index in [0.717, 1.165) is 5.56 Å². The van der Waals surface area contributed by atoms with Crippen LogP contribution < -0.4 is 5.73 Å². The van der Waals surface area contributed by atoms with E-state index in [1.807, 2.05) is 37.4 Å². The van der Waals surface area contributed by atoms with Crippen LogP contribution in [0.5, 0.6) is 0 Å². The van der Waals surface area contributed by atoms with Crippen LogP contribution in [0.25, 0.3) is 0 Å². The molecule has 142 valence electrons. The lowest BCUT2D eigenvalue weighted by molar-refractivity contribution is -0.142. The molecule has 26 heavy (non-hydrogen) atoms. The van der Waals surface area contributed by atoms with E-state index >= 15 is 0 Å². The SMILES string of the molecule is CN(Cc1ccccc1)C(=O)N1CCN(C(=O)C2(N)CCOCC2)CC1. The molecular weight excluding hydrogens is 332 g/mol. The Morgan fingerprint density at radius 3 is 2.27 bits per heavy atom. The second-order valence-corrected chi connectivity index (χ2v) is 7.17. The molecule has 7 heteroatoms. The van der Waals surface area contributed by atoms with Crippen LogP contribution in [-0.2, 0) is 16.1 Å². The minimum Gasteiger partial charge on any atom is -0.381 e. The van der Waals surface area contributed by atoms with Gasteiger partial charge in [0.1, 0.15) is 0 Å². The highest BCUT2D eigenvalue weighted by Crippen LogP contribution is 2.21. The van der Waals surface area contributed by atoms with E-state index in [2.05, 4.69) is 0 Å². The van der Waals surface area contributed by atoms with E-state index in [9.17, 15) is 9.59 Å². The quantitative estimate of drug-likeness (QED) is 0.868. The van der Waals surface area contributed by atoms with Gasteiger partial charge in [0.2, 0.25) is 5.91 Å². The highest BCUT2D eigenvalue weighted by atomic mass is 16.5. The lowest BCUT2D eigenvalue weighted by Crippen LogP contribution is -2.62. The first-order valence-electron chi connectivity index (χ1n) is 9.19. The zero-order chi connectivity index (χ0) is 18.6. The molecule has 2 fully saturated rings. The first-order valence-corrected chi connectivity index (χ1v) is 9.19. The van der Waals surface area contributed by atoms with Gasteiger partial charge in [0.15, 0.2) is 0 Å². The Labute approximate surface area is 154 Å². The zero-order valence-electron chi connectivity index (χ0n) is 15.4. The van der Waals surface area contributed by atoms with Gasteiger partial charge in [0.05, 0.1) is 5.54 Å². The average Bonchev–Trinajstić information content (AvgIpc) is 2.68. The summed E-state index contributed by atoms with van der Waals surface area (Å²) in [5.41, 5.74) is 6.59. The van der Waals surface area contributed by atoms with Gasteiger partial charge in [-0.25, -0.2) is 4.79 Å². The van der Waals surface area contributed by atoms with Crippen LogP contribution in [0.4, 0.5) is 4.79 Å². The number of carbonyl (C=O) groups excluding carboxylic acids is 2. The molecule has 2 aliphatic rings. The largest absolute Gasteiger partial charge is 0.381 e. The van der Waals surface area contributed by atoms with Gasteiger partial charge in [-0.05, 0) is 18.4 Å². The number of hydrogen-bond donors (Lipinski definition) is 1. The van der Waals surface area contributed by atoms with Gasteiger partial charge in [-0.3, -0.25) is 4.79 Å². The molecule has 0 aliphatic carbocycles. The number of hydrogen-bond acceptors (Lipinski definition) is 4. The fourth-order valence-corrected chi connectivity index (χ4v) is 3.53. The smallest absolute Gasteiger partial charge is 0.320 e. The number of nitrogens with two attached hydrogens (primary N) is 1. The fraction of sp³-hybridized carbons (Fsp3) is 0.579. The summed E-state index contributed by atoms with van der Waals surface area (Å²) in [5.74, 6) is -0.00876. The molecule has 3 rings (SSSR count). The van der Waals surface area contributed by atoms with Crippen molar-refractivity contribution in [2.45, 2.75) is 24.9 Å². The molecular formula is C19H28N4O3. The molecule has 3 amide bonds. The summed E-state index contributed by atoms with van der Waals surface area (Å²) in [6.45, 7) is 3.78. The third kappa shape index (κ3) is 4.16. The molecule has 0 radical (unpaired) electrons. The van der Waals surface area contributed by atoms with Crippen LogP contribution in [0, 0.1) is 0 Å². The molecule has 2 heterocycles. The topological polar surface area (TPSA) is 79.1 Å². The number of benzene rings is 1. The Morgan fingerprint density at radius 1 is 1.08 bits per heavy atom.